The van der Waals surface area contributed by atoms with Crippen molar-refractivity contribution in [3.8, 4) is 0 Å². The number of hydrogen-bond acceptors (Lipinski definition) is 3. The first-order valence-electron chi connectivity index (χ1n) is 7.66. The van der Waals surface area contributed by atoms with Gasteiger partial charge in [0.15, 0.2) is 0 Å². The van der Waals surface area contributed by atoms with Gasteiger partial charge in [0, 0.05) is 19.6 Å². The van der Waals surface area contributed by atoms with E-state index in [2.05, 4.69) is 42.7 Å². The number of nitrogens with one attached hydrogen (secondary N) is 2. The van der Waals surface area contributed by atoms with E-state index in [1.54, 1.807) is 0 Å². The van der Waals surface area contributed by atoms with Crippen molar-refractivity contribution < 1.29 is 9.53 Å². The molecule has 1 aromatic rings. The Bertz CT molecular complexity index is 516. The minimum Gasteiger partial charge on any atom is -0.444 e. The van der Waals surface area contributed by atoms with Crippen molar-refractivity contribution in [2.45, 2.75) is 46.8 Å². The maximum Gasteiger partial charge on any atom is 0.407 e. The molecule has 0 aliphatic rings. The van der Waals surface area contributed by atoms with Crippen molar-refractivity contribution in [2.75, 3.05) is 13.1 Å². The molecule has 0 heterocycles. The van der Waals surface area contributed by atoms with E-state index < -0.39 is 5.60 Å². The number of benzene rings is 1. The standard InChI is InChI=1S/C18H28N2O2/c1-14-8-9-15(2)16(12-14)13-19-10-6-7-11-20-17(21)22-18(3,4)5/h6-9,12,19H,10-11,13H2,1-5H3,(H,20,21)/b7-6+. The van der Waals surface area contributed by atoms with Crippen molar-refractivity contribution in [3.05, 3.63) is 47.0 Å². The highest BCUT2D eigenvalue weighted by molar-refractivity contribution is 5.67. The van der Waals surface area contributed by atoms with Crippen molar-refractivity contribution in [1.29, 1.82) is 0 Å². The maximum absolute atomic E-state index is 11.4. The molecule has 0 aliphatic heterocycles. The first-order chi connectivity index (χ1) is 10.3. The summed E-state index contributed by atoms with van der Waals surface area (Å²) >= 11 is 0. The summed E-state index contributed by atoms with van der Waals surface area (Å²) in [7, 11) is 0. The third-order valence-electron chi connectivity index (χ3n) is 3.01. The lowest BCUT2D eigenvalue weighted by molar-refractivity contribution is 0.0534. The predicted molar refractivity (Wildman–Crippen MR) is 91.0 cm³/mol. The number of hydrogen-bond donors (Lipinski definition) is 2. The quantitative estimate of drug-likeness (QED) is 0.625. The van der Waals surface area contributed by atoms with Gasteiger partial charge in [-0.1, -0.05) is 35.9 Å². The van der Waals surface area contributed by atoms with Crippen LogP contribution < -0.4 is 10.6 Å². The van der Waals surface area contributed by atoms with Crippen LogP contribution in [0.15, 0.2) is 30.4 Å². The first-order valence-corrected chi connectivity index (χ1v) is 7.66. The van der Waals surface area contributed by atoms with E-state index >= 15 is 0 Å². The van der Waals surface area contributed by atoms with Crippen LogP contribution in [0, 0.1) is 13.8 Å². The number of aryl methyl sites for hydroxylation is 2. The number of carbonyl (C=O) groups is 1. The van der Waals surface area contributed by atoms with Gasteiger partial charge in [-0.15, -0.1) is 0 Å². The third kappa shape index (κ3) is 7.84. The van der Waals surface area contributed by atoms with Gasteiger partial charge in [0.05, 0.1) is 0 Å². The van der Waals surface area contributed by atoms with E-state index in [1.807, 2.05) is 32.9 Å². The summed E-state index contributed by atoms with van der Waals surface area (Å²) in [5, 5.41) is 6.05. The fourth-order valence-corrected chi connectivity index (χ4v) is 1.90. The third-order valence-corrected chi connectivity index (χ3v) is 3.01. The number of alkyl carbamates (subject to hydrolysis) is 1. The first kappa shape index (κ1) is 18.2. The normalized spacial score (nSPS) is 11.7. The zero-order valence-electron chi connectivity index (χ0n) is 14.3. The largest absolute Gasteiger partial charge is 0.444 e. The molecule has 122 valence electrons. The Labute approximate surface area is 133 Å². The summed E-state index contributed by atoms with van der Waals surface area (Å²) in [5.74, 6) is 0. The van der Waals surface area contributed by atoms with Crippen LogP contribution in [0.5, 0.6) is 0 Å². The molecule has 0 bridgehead atoms. The van der Waals surface area contributed by atoms with Crippen LogP contribution >= 0.6 is 0 Å². The van der Waals surface area contributed by atoms with Crippen molar-refractivity contribution in [2.24, 2.45) is 0 Å². The van der Waals surface area contributed by atoms with Crippen molar-refractivity contribution in [3.63, 3.8) is 0 Å². The molecule has 22 heavy (non-hydrogen) atoms. The Hall–Kier alpha value is -1.81. The summed E-state index contributed by atoms with van der Waals surface area (Å²) in [6.07, 6.45) is 3.53. The summed E-state index contributed by atoms with van der Waals surface area (Å²) in [6.45, 7) is 11.8. The lowest BCUT2D eigenvalue weighted by Crippen LogP contribution is -2.32. The summed E-state index contributed by atoms with van der Waals surface area (Å²) in [6, 6.07) is 6.48. The number of ether oxygens (including phenoxy) is 1. The second kappa shape index (κ2) is 8.59. The second-order valence-electron chi connectivity index (χ2n) is 6.42. The molecular formula is C18H28N2O2. The lowest BCUT2D eigenvalue weighted by Gasteiger charge is -2.19. The van der Waals surface area contributed by atoms with Gasteiger partial charge in [-0.05, 0) is 45.7 Å². The molecule has 0 spiro atoms. The maximum atomic E-state index is 11.4. The molecule has 2 N–H and O–H groups in total. The number of rotatable bonds is 6. The monoisotopic (exact) mass is 304 g/mol. The topological polar surface area (TPSA) is 50.4 Å². The van der Waals surface area contributed by atoms with Crippen molar-refractivity contribution in [1.82, 2.24) is 10.6 Å². The van der Waals surface area contributed by atoms with E-state index in [0.29, 0.717) is 6.54 Å². The van der Waals surface area contributed by atoms with Crippen LogP contribution in [0.4, 0.5) is 4.79 Å². The van der Waals surface area contributed by atoms with E-state index in [4.69, 9.17) is 4.74 Å². The zero-order valence-corrected chi connectivity index (χ0v) is 14.3. The smallest absolute Gasteiger partial charge is 0.407 e. The molecular weight excluding hydrogens is 276 g/mol. The fraction of sp³-hybridized carbons (Fsp3) is 0.500. The Kier molecular flexibility index (Phi) is 7.12. The average molecular weight is 304 g/mol. The summed E-state index contributed by atoms with van der Waals surface area (Å²) < 4.78 is 5.15. The Morgan fingerprint density at radius 3 is 2.55 bits per heavy atom. The molecule has 1 aromatic carbocycles. The number of amides is 1. The Morgan fingerprint density at radius 1 is 1.18 bits per heavy atom. The van der Waals surface area contributed by atoms with E-state index in [0.717, 1.165) is 13.1 Å². The highest BCUT2D eigenvalue weighted by Crippen LogP contribution is 2.10. The Morgan fingerprint density at radius 2 is 1.86 bits per heavy atom. The highest BCUT2D eigenvalue weighted by atomic mass is 16.6. The van der Waals surface area contributed by atoms with Gasteiger partial charge in [-0.3, -0.25) is 0 Å². The minimum atomic E-state index is -0.457. The van der Waals surface area contributed by atoms with Crippen LogP contribution in [0.2, 0.25) is 0 Å². The molecule has 0 aliphatic carbocycles. The highest BCUT2D eigenvalue weighted by Gasteiger charge is 2.14. The van der Waals surface area contributed by atoms with Crippen LogP contribution in [-0.2, 0) is 11.3 Å². The molecule has 4 heteroatoms. The van der Waals surface area contributed by atoms with Gasteiger partial charge < -0.3 is 15.4 Å². The molecule has 0 saturated heterocycles. The lowest BCUT2D eigenvalue weighted by atomic mass is 10.1. The molecule has 0 unspecified atom stereocenters. The zero-order chi connectivity index (χ0) is 16.6. The second-order valence-corrected chi connectivity index (χ2v) is 6.42. The van der Waals surface area contributed by atoms with Crippen molar-refractivity contribution >= 4 is 6.09 Å². The fourth-order valence-electron chi connectivity index (χ4n) is 1.90. The predicted octanol–water partition coefficient (Wildman–Crippen LogP) is 3.47. The van der Waals surface area contributed by atoms with E-state index in [1.165, 1.54) is 16.7 Å². The van der Waals surface area contributed by atoms with Crippen LogP contribution in [0.25, 0.3) is 0 Å². The molecule has 4 nitrogen and oxygen atoms in total. The molecule has 0 fully saturated rings. The molecule has 1 amide bonds. The van der Waals surface area contributed by atoms with Gasteiger partial charge in [0.2, 0.25) is 0 Å². The van der Waals surface area contributed by atoms with Gasteiger partial charge in [-0.25, -0.2) is 4.79 Å². The van der Waals surface area contributed by atoms with Gasteiger partial charge >= 0.3 is 6.09 Å². The van der Waals surface area contributed by atoms with Gasteiger partial charge in [0.1, 0.15) is 5.60 Å². The summed E-state index contributed by atoms with van der Waals surface area (Å²) in [4.78, 5) is 11.4. The number of carbonyl (C=O) groups excluding carboxylic acids is 1. The molecule has 0 saturated carbocycles. The van der Waals surface area contributed by atoms with Crippen LogP contribution in [0.3, 0.4) is 0 Å². The minimum absolute atomic E-state index is 0.388. The SMILES string of the molecule is Cc1ccc(C)c(CNC/C=C/CNC(=O)OC(C)(C)C)c1. The van der Waals surface area contributed by atoms with Gasteiger partial charge in [0.25, 0.3) is 0 Å². The molecule has 0 atom stereocenters. The van der Waals surface area contributed by atoms with E-state index in [-0.39, 0.29) is 6.09 Å². The average Bonchev–Trinajstić information content (AvgIpc) is 2.39. The molecule has 0 aromatic heterocycles. The molecule has 1 rings (SSSR count). The Balaban J connectivity index is 2.19. The molecule has 0 radical (unpaired) electrons. The van der Waals surface area contributed by atoms with Crippen LogP contribution in [0.1, 0.15) is 37.5 Å². The van der Waals surface area contributed by atoms with E-state index in [9.17, 15) is 4.79 Å². The van der Waals surface area contributed by atoms with Gasteiger partial charge in [-0.2, -0.15) is 0 Å². The summed E-state index contributed by atoms with van der Waals surface area (Å²) in [5.41, 5.74) is 3.44. The van der Waals surface area contributed by atoms with Crippen LogP contribution in [-0.4, -0.2) is 24.8 Å².